The fourth-order valence-corrected chi connectivity index (χ4v) is 1.31. The summed E-state index contributed by atoms with van der Waals surface area (Å²) in [4.78, 5) is 0. The summed E-state index contributed by atoms with van der Waals surface area (Å²) < 4.78 is 5.73. The van der Waals surface area contributed by atoms with Gasteiger partial charge in [-0.15, -0.1) is 0 Å². The van der Waals surface area contributed by atoms with Crippen LogP contribution in [0.2, 0.25) is 0 Å². The Morgan fingerprint density at radius 1 is 1.33 bits per heavy atom. The van der Waals surface area contributed by atoms with Crippen molar-refractivity contribution in [1.82, 2.24) is 0 Å². The molecular formula is C13H18O2. The molecule has 2 nitrogen and oxygen atoms in total. The maximum Gasteiger partial charge on any atom is 0.121 e. The van der Waals surface area contributed by atoms with E-state index >= 15 is 0 Å². The second-order valence-corrected chi connectivity index (χ2v) is 4.49. The third-order valence-corrected chi connectivity index (χ3v) is 1.83. The Labute approximate surface area is 91.2 Å². The lowest BCUT2D eigenvalue weighted by Gasteiger charge is -2.22. The number of benzene rings is 1. The van der Waals surface area contributed by atoms with E-state index in [4.69, 9.17) is 9.84 Å². The number of hydrogen-bond acceptors (Lipinski definition) is 2. The van der Waals surface area contributed by atoms with E-state index in [0.717, 1.165) is 16.9 Å². The van der Waals surface area contributed by atoms with Gasteiger partial charge in [-0.1, -0.05) is 12.7 Å². The van der Waals surface area contributed by atoms with Crippen molar-refractivity contribution in [1.29, 1.82) is 0 Å². The Balaban J connectivity index is 3.02. The summed E-state index contributed by atoms with van der Waals surface area (Å²) in [6, 6.07) is 5.65. The molecule has 1 rings (SSSR count). The molecule has 0 fully saturated rings. The molecule has 0 bridgehead atoms. The highest BCUT2D eigenvalue weighted by molar-refractivity contribution is 5.51. The van der Waals surface area contributed by atoms with Crippen LogP contribution in [0.3, 0.4) is 0 Å². The molecule has 15 heavy (non-hydrogen) atoms. The zero-order chi connectivity index (χ0) is 11.5. The molecule has 0 aliphatic heterocycles. The van der Waals surface area contributed by atoms with Gasteiger partial charge in [-0.3, -0.25) is 0 Å². The maximum atomic E-state index is 9.09. The van der Waals surface area contributed by atoms with Gasteiger partial charge >= 0.3 is 0 Å². The quantitative estimate of drug-likeness (QED) is 0.823. The summed E-state index contributed by atoms with van der Waals surface area (Å²) in [6.07, 6.45) is 1.74. The topological polar surface area (TPSA) is 29.5 Å². The zero-order valence-electron chi connectivity index (χ0n) is 9.58. The van der Waals surface area contributed by atoms with E-state index in [1.807, 2.05) is 39.0 Å². The molecule has 0 radical (unpaired) electrons. The molecule has 0 spiro atoms. The van der Waals surface area contributed by atoms with E-state index in [1.165, 1.54) is 0 Å². The summed E-state index contributed by atoms with van der Waals surface area (Å²) in [5, 5.41) is 9.09. The summed E-state index contributed by atoms with van der Waals surface area (Å²) in [7, 11) is 0. The van der Waals surface area contributed by atoms with Crippen molar-refractivity contribution in [3.63, 3.8) is 0 Å². The predicted molar refractivity (Wildman–Crippen MR) is 62.8 cm³/mol. The molecule has 0 amide bonds. The van der Waals surface area contributed by atoms with E-state index in [0.29, 0.717) is 0 Å². The van der Waals surface area contributed by atoms with Crippen LogP contribution in [0.4, 0.5) is 0 Å². The number of hydrogen-bond donors (Lipinski definition) is 1. The normalized spacial score (nSPS) is 11.2. The Morgan fingerprint density at radius 2 is 2.00 bits per heavy atom. The molecule has 82 valence electrons. The van der Waals surface area contributed by atoms with Crippen molar-refractivity contribution in [2.45, 2.75) is 33.0 Å². The van der Waals surface area contributed by atoms with Gasteiger partial charge in [-0.05, 0) is 50.1 Å². The van der Waals surface area contributed by atoms with Gasteiger partial charge in [0, 0.05) is 0 Å². The molecule has 0 atom stereocenters. The molecule has 0 aromatic heterocycles. The van der Waals surface area contributed by atoms with Gasteiger partial charge < -0.3 is 9.84 Å². The lowest BCUT2D eigenvalue weighted by molar-refractivity contribution is 0.130. The molecule has 1 aromatic rings. The molecule has 0 saturated carbocycles. The van der Waals surface area contributed by atoms with E-state index in [1.54, 1.807) is 6.08 Å². The van der Waals surface area contributed by atoms with Crippen molar-refractivity contribution in [2.24, 2.45) is 0 Å². The number of rotatable bonds is 3. The third kappa shape index (κ3) is 3.76. The van der Waals surface area contributed by atoms with Gasteiger partial charge in [0.1, 0.15) is 11.4 Å². The lowest BCUT2D eigenvalue weighted by atomic mass is 10.1. The first-order chi connectivity index (χ1) is 6.94. The van der Waals surface area contributed by atoms with E-state index in [-0.39, 0.29) is 12.2 Å². The van der Waals surface area contributed by atoms with E-state index < -0.39 is 0 Å². The highest BCUT2D eigenvalue weighted by Crippen LogP contribution is 2.22. The van der Waals surface area contributed by atoms with Gasteiger partial charge in [-0.25, -0.2) is 0 Å². The van der Waals surface area contributed by atoms with Crippen molar-refractivity contribution < 1.29 is 9.84 Å². The third-order valence-electron chi connectivity index (χ3n) is 1.83. The van der Waals surface area contributed by atoms with Crippen LogP contribution in [-0.4, -0.2) is 10.7 Å². The average molecular weight is 206 g/mol. The first-order valence-corrected chi connectivity index (χ1v) is 5.01. The minimum absolute atomic E-state index is 0.0161. The first-order valence-electron chi connectivity index (χ1n) is 5.01. The highest BCUT2D eigenvalue weighted by atomic mass is 16.5. The van der Waals surface area contributed by atoms with Crippen molar-refractivity contribution in [3.05, 3.63) is 35.9 Å². The summed E-state index contributed by atoms with van der Waals surface area (Å²) >= 11 is 0. The number of aliphatic hydroxyl groups excluding tert-OH is 1. The number of aliphatic hydroxyl groups is 1. The molecule has 0 heterocycles. The fraction of sp³-hybridized carbons (Fsp3) is 0.385. The van der Waals surface area contributed by atoms with Crippen LogP contribution in [0.15, 0.2) is 24.8 Å². The van der Waals surface area contributed by atoms with Gasteiger partial charge in [0.25, 0.3) is 0 Å². The second-order valence-electron chi connectivity index (χ2n) is 4.49. The zero-order valence-corrected chi connectivity index (χ0v) is 9.58. The van der Waals surface area contributed by atoms with Crippen LogP contribution >= 0.6 is 0 Å². The molecule has 1 N–H and O–H groups in total. The lowest BCUT2D eigenvalue weighted by Crippen LogP contribution is -2.23. The van der Waals surface area contributed by atoms with Crippen molar-refractivity contribution >= 4 is 6.08 Å². The summed E-state index contributed by atoms with van der Waals surface area (Å²) in [5.74, 6) is 0.768. The molecule has 0 saturated heterocycles. The molecule has 1 aromatic carbocycles. The van der Waals surface area contributed by atoms with Crippen LogP contribution < -0.4 is 4.74 Å². The Morgan fingerprint density at radius 3 is 2.47 bits per heavy atom. The van der Waals surface area contributed by atoms with Crippen LogP contribution in [0.1, 0.15) is 31.9 Å². The van der Waals surface area contributed by atoms with Gasteiger partial charge in [0.2, 0.25) is 0 Å². The van der Waals surface area contributed by atoms with Gasteiger partial charge in [-0.2, -0.15) is 0 Å². The minimum atomic E-state index is -0.230. The maximum absolute atomic E-state index is 9.09. The Kier molecular flexibility index (Phi) is 3.53. The fourth-order valence-electron chi connectivity index (χ4n) is 1.31. The predicted octanol–water partition coefficient (Wildman–Crippen LogP) is 3.00. The van der Waals surface area contributed by atoms with E-state index in [9.17, 15) is 0 Å². The van der Waals surface area contributed by atoms with Gasteiger partial charge in [0.05, 0.1) is 6.61 Å². The average Bonchev–Trinajstić information content (AvgIpc) is 2.14. The Bertz CT molecular complexity index is 348. The van der Waals surface area contributed by atoms with Crippen LogP contribution in [-0.2, 0) is 6.61 Å². The molecule has 0 aliphatic rings. The summed E-state index contributed by atoms with van der Waals surface area (Å²) in [5.41, 5.74) is 1.57. The van der Waals surface area contributed by atoms with Gasteiger partial charge in [0.15, 0.2) is 0 Å². The molecular weight excluding hydrogens is 188 g/mol. The smallest absolute Gasteiger partial charge is 0.121 e. The SMILES string of the molecule is C=Cc1cc(CO)cc(OC(C)(C)C)c1. The van der Waals surface area contributed by atoms with Crippen molar-refractivity contribution in [3.8, 4) is 5.75 Å². The van der Waals surface area contributed by atoms with Crippen LogP contribution in [0.25, 0.3) is 6.08 Å². The Hall–Kier alpha value is -1.28. The monoisotopic (exact) mass is 206 g/mol. The minimum Gasteiger partial charge on any atom is -0.488 e. The van der Waals surface area contributed by atoms with Crippen molar-refractivity contribution in [2.75, 3.05) is 0 Å². The van der Waals surface area contributed by atoms with Crippen LogP contribution in [0, 0.1) is 0 Å². The summed E-state index contributed by atoms with van der Waals surface area (Å²) in [6.45, 7) is 9.70. The second kappa shape index (κ2) is 4.49. The number of ether oxygens (including phenoxy) is 1. The van der Waals surface area contributed by atoms with Crippen LogP contribution in [0.5, 0.6) is 5.75 Å². The molecule has 2 heteroatoms. The van der Waals surface area contributed by atoms with E-state index in [2.05, 4.69) is 6.58 Å². The largest absolute Gasteiger partial charge is 0.488 e. The first kappa shape index (κ1) is 11.8. The molecule has 0 unspecified atom stereocenters. The standard InChI is InChI=1S/C13H18O2/c1-5-10-6-11(9-14)8-12(7-10)15-13(2,3)4/h5-8,14H,1,9H2,2-4H3. The molecule has 0 aliphatic carbocycles. The highest BCUT2D eigenvalue weighted by Gasteiger charge is 2.12.